The van der Waals surface area contributed by atoms with Crippen LogP contribution in [0.25, 0.3) is 0 Å². The summed E-state index contributed by atoms with van der Waals surface area (Å²) in [6.45, 7) is 4.07. The Morgan fingerprint density at radius 3 is 1.76 bits per heavy atom. The highest BCUT2D eigenvalue weighted by atomic mass is 35.5. The lowest BCUT2D eigenvalue weighted by Crippen LogP contribution is -2.35. The topological polar surface area (TPSA) is 73.6 Å². The minimum atomic E-state index is -2.85. The molecule has 2 rings (SSSR count). The fraction of sp³-hybridized carbons (Fsp3) is 0.538. The molecule has 212 valence electrons. The van der Waals surface area contributed by atoms with Gasteiger partial charge < -0.3 is 15.2 Å². The summed E-state index contributed by atoms with van der Waals surface area (Å²) in [7, 11) is -1.23. The second kappa shape index (κ2) is 17.6. The van der Waals surface area contributed by atoms with E-state index >= 15 is 0 Å². The molecule has 0 fully saturated rings. The minimum absolute atomic E-state index is 0. The summed E-state index contributed by atoms with van der Waals surface area (Å²) in [5, 5.41) is 0. The van der Waals surface area contributed by atoms with Crippen molar-refractivity contribution in [3.8, 4) is 11.5 Å². The van der Waals surface area contributed by atoms with Gasteiger partial charge >= 0.3 is 13.2 Å². The van der Waals surface area contributed by atoms with E-state index in [0.717, 1.165) is 36.8 Å². The number of benzene rings is 2. The van der Waals surface area contributed by atoms with Crippen molar-refractivity contribution in [1.82, 2.24) is 4.72 Å². The summed E-state index contributed by atoms with van der Waals surface area (Å²) in [5.74, 6) is 0.279. The van der Waals surface area contributed by atoms with Crippen molar-refractivity contribution in [2.24, 2.45) is 5.73 Å². The molecule has 2 aromatic carbocycles. The number of halogens is 5. The number of nitrogens with one attached hydrogen (secondary N) is 1. The van der Waals surface area contributed by atoms with Gasteiger partial charge in [0.1, 0.15) is 11.5 Å². The third-order valence-electron chi connectivity index (χ3n) is 4.98. The molecule has 0 aliphatic carbocycles. The zero-order valence-electron chi connectivity index (χ0n) is 21.9. The Morgan fingerprint density at radius 1 is 0.865 bits per heavy atom. The second-order valence-corrected chi connectivity index (χ2v) is 11.1. The molecular weight excluding hydrogens is 532 g/mol. The van der Waals surface area contributed by atoms with Gasteiger partial charge in [0, 0.05) is 12.1 Å². The van der Waals surface area contributed by atoms with Gasteiger partial charge in [0.05, 0.1) is 15.7 Å². The fourth-order valence-electron chi connectivity index (χ4n) is 3.19. The van der Waals surface area contributed by atoms with E-state index in [1.165, 1.54) is 12.1 Å². The zero-order chi connectivity index (χ0) is 27.3. The molecule has 37 heavy (non-hydrogen) atoms. The van der Waals surface area contributed by atoms with Gasteiger partial charge in [-0.2, -0.15) is 17.6 Å². The highest BCUT2D eigenvalue weighted by Crippen LogP contribution is 2.26. The summed E-state index contributed by atoms with van der Waals surface area (Å²) >= 11 is 0. The average Bonchev–Trinajstić information content (AvgIpc) is 2.78. The van der Waals surface area contributed by atoms with E-state index in [1.54, 1.807) is 24.3 Å². The van der Waals surface area contributed by atoms with Crippen molar-refractivity contribution in [3.63, 3.8) is 0 Å². The highest BCUT2D eigenvalue weighted by Gasteiger charge is 2.23. The predicted molar refractivity (Wildman–Crippen MR) is 144 cm³/mol. The number of alkyl halides is 4. The van der Waals surface area contributed by atoms with Gasteiger partial charge in [0.15, 0.2) is 0 Å². The van der Waals surface area contributed by atoms with E-state index in [1.807, 2.05) is 46.8 Å². The molecule has 0 spiro atoms. The van der Waals surface area contributed by atoms with E-state index < -0.39 is 24.2 Å². The van der Waals surface area contributed by atoms with E-state index in [2.05, 4.69) is 14.2 Å². The van der Waals surface area contributed by atoms with Crippen molar-refractivity contribution in [2.45, 2.75) is 90.4 Å². The Morgan fingerprint density at radius 2 is 1.32 bits per heavy atom. The minimum Gasteiger partial charge on any atom is -0.435 e. The third kappa shape index (κ3) is 14.0. The van der Waals surface area contributed by atoms with Crippen molar-refractivity contribution < 1.29 is 31.2 Å². The fourth-order valence-corrected chi connectivity index (χ4v) is 4.06. The highest BCUT2D eigenvalue weighted by molar-refractivity contribution is 7.84. The Labute approximate surface area is 226 Å². The number of hydrogen-bond donors (Lipinski definition) is 2. The van der Waals surface area contributed by atoms with Crippen molar-refractivity contribution in [3.05, 3.63) is 59.7 Å². The van der Waals surface area contributed by atoms with Crippen LogP contribution in [0.3, 0.4) is 0 Å². The maximum absolute atomic E-state index is 12.3. The first kappa shape index (κ1) is 35.1. The standard InChI is InChI=1S/C15H23F2NO2S.C11H15F2NO.ClH/c1-5-7-13(18-21(19)15(2,3)4)11-8-6-9-12(10-11)20-14(16)17;1-2-4-10(14)8-5-3-6-9(7-8)15-11(12)13;/h6,8-10,13-14,18H,5,7H2,1-4H3;3,5-7,10-11H,2,4,14H2,1H3;1H/t13-,21+;10-;/m00./s1. The van der Waals surface area contributed by atoms with Gasteiger partial charge in [-0.05, 0) is 69.0 Å². The molecule has 0 saturated carbocycles. The molecule has 0 saturated heterocycles. The van der Waals surface area contributed by atoms with E-state index in [9.17, 15) is 21.8 Å². The van der Waals surface area contributed by atoms with E-state index in [4.69, 9.17) is 5.73 Å². The van der Waals surface area contributed by atoms with Gasteiger partial charge in [0.2, 0.25) is 0 Å². The number of ether oxygens (including phenoxy) is 2. The summed E-state index contributed by atoms with van der Waals surface area (Å²) in [4.78, 5) is 0. The monoisotopic (exact) mass is 570 g/mol. The second-order valence-electron chi connectivity index (χ2n) is 9.14. The Hall–Kier alpha value is -1.88. The molecule has 3 atom stereocenters. The lowest BCUT2D eigenvalue weighted by atomic mass is 10.0. The maximum atomic E-state index is 12.3. The average molecular weight is 571 g/mol. The summed E-state index contributed by atoms with van der Waals surface area (Å²) < 4.78 is 72.1. The van der Waals surface area contributed by atoms with Crippen LogP contribution < -0.4 is 19.9 Å². The molecule has 0 bridgehead atoms. The normalized spacial score (nSPS) is 13.7. The molecule has 2 aromatic rings. The van der Waals surface area contributed by atoms with Crippen LogP contribution in [0.1, 0.15) is 83.5 Å². The van der Waals surface area contributed by atoms with Gasteiger partial charge in [-0.3, -0.25) is 0 Å². The largest absolute Gasteiger partial charge is 0.435 e. The Kier molecular flexibility index (Phi) is 16.7. The predicted octanol–water partition coefficient (Wildman–Crippen LogP) is 7.69. The third-order valence-corrected chi connectivity index (χ3v) is 6.59. The molecule has 3 N–H and O–H groups in total. The van der Waals surface area contributed by atoms with Crippen molar-refractivity contribution in [1.29, 1.82) is 0 Å². The molecule has 0 aromatic heterocycles. The molecule has 0 heterocycles. The van der Waals surface area contributed by atoms with Crippen LogP contribution in [0.5, 0.6) is 11.5 Å². The summed E-state index contributed by atoms with van der Waals surface area (Å²) in [6.07, 6.45) is 3.44. The van der Waals surface area contributed by atoms with Gasteiger partial charge in [-0.1, -0.05) is 51.0 Å². The van der Waals surface area contributed by atoms with Crippen molar-refractivity contribution in [2.75, 3.05) is 0 Å². The summed E-state index contributed by atoms with van der Waals surface area (Å²) in [6, 6.07) is 12.8. The van der Waals surface area contributed by atoms with Crippen LogP contribution in [0, 0.1) is 0 Å². The molecule has 5 nitrogen and oxygen atoms in total. The van der Waals surface area contributed by atoms with Crippen LogP contribution in [0.4, 0.5) is 17.6 Å². The van der Waals surface area contributed by atoms with Gasteiger partial charge in [0.25, 0.3) is 0 Å². The first-order valence-corrected chi connectivity index (χ1v) is 13.1. The molecule has 0 radical (unpaired) electrons. The SMILES string of the molecule is CCC[C@H](N)c1cccc(OC(F)F)c1.CCC[C@H](N[S@](=O)C(C)(C)C)c1cccc(OC(F)F)c1.Cl. The molecule has 0 unspecified atom stereocenters. The van der Waals surface area contributed by atoms with Gasteiger partial charge in [-0.25, -0.2) is 8.93 Å². The number of hydrogen-bond acceptors (Lipinski definition) is 4. The number of nitrogens with two attached hydrogens (primary N) is 1. The molecular formula is C26H39ClF4N2O3S. The van der Waals surface area contributed by atoms with E-state index in [-0.39, 0.29) is 40.7 Å². The van der Waals surface area contributed by atoms with Crippen LogP contribution in [-0.4, -0.2) is 22.2 Å². The number of rotatable bonds is 12. The van der Waals surface area contributed by atoms with Crippen LogP contribution in [0.2, 0.25) is 0 Å². The summed E-state index contributed by atoms with van der Waals surface area (Å²) in [5.41, 5.74) is 7.49. The molecule has 0 aliphatic rings. The van der Waals surface area contributed by atoms with Crippen LogP contribution in [0.15, 0.2) is 48.5 Å². The van der Waals surface area contributed by atoms with Crippen LogP contribution in [-0.2, 0) is 11.0 Å². The Bertz CT molecular complexity index is 933. The quantitative estimate of drug-likeness (QED) is 0.257. The molecule has 0 aliphatic heterocycles. The Balaban J connectivity index is 0.000000718. The van der Waals surface area contributed by atoms with Crippen LogP contribution >= 0.6 is 12.4 Å². The lowest BCUT2D eigenvalue weighted by molar-refractivity contribution is -0.0505. The smallest absolute Gasteiger partial charge is 0.387 e. The maximum Gasteiger partial charge on any atom is 0.387 e. The zero-order valence-corrected chi connectivity index (χ0v) is 23.5. The molecule has 11 heteroatoms. The molecule has 0 amide bonds. The van der Waals surface area contributed by atoms with E-state index in [0.29, 0.717) is 0 Å². The van der Waals surface area contributed by atoms with Gasteiger partial charge in [-0.15, -0.1) is 12.4 Å². The first-order valence-electron chi connectivity index (χ1n) is 11.9. The van der Waals surface area contributed by atoms with Crippen molar-refractivity contribution >= 4 is 23.4 Å². The lowest BCUT2D eigenvalue weighted by Gasteiger charge is -2.24. The first-order chi connectivity index (χ1) is 16.9.